The number of methoxy groups -OCH3 is 1. The Morgan fingerprint density at radius 1 is 1.03 bits per heavy atom. The van der Waals surface area contributed by atoms with Crippen LogP contribution in [0.15, 0.2) is 58.1 Å². The summed E-state index contributed by atoms with van der Waals surface area (Å²) in [5.74, 6) is 1.00. The smallest absolute Gasteiger partial charge is 0.357 e. The Balaban J connectivity index is 1.85. The van der Waals surface area contributed by atoms with Gasteiger partial charge in [-0.2, -0.15) is 0 Å². The number of aromatic nitrogens is 2. The van der Waals surface area contributed by atoms with Crippen molar-refractivity contribution in [3.05, 3.63) is 96.3 Å². The van der Waals surface area contributed by atoms with Gasteiger partial charge in [0.25, 0.3) is 0 Å². The van der Waals surface area contributed by atoms with E-state index in [0.29, 0.717) is 23.7 Å². The Labute approximate surface area is 164 Å². The monoisotopic (exact) mass is 395 g/mol. The predicted octanol–water partition coefficient (Wildman–Crippen LogP) is 2.73. The minimum atomic E-state index is -1.07. The van der Waals surface area contributed by atoms with Crippen molar-refractivity contribution in [3.63, 3.8) is 0 Å². The number of nitrogens with zero attached hydrogens (tertiary/aromatic N) is 1. The van der Waals surface area contributed by atoms with E-state index >= 15 is 0 Å². The molecule has 0 unspecified atom stereocenters. The van der Waals surface area contributed by atoms with Crippen LogP contribution in [0.5, 0.6) is 11.5 Å². The van der Waals surface area contributed by atoms with Crippen LogP contribution >= 0.6 is 0 Å². The van der Waals surface area contributed by atoms with E-state index in [9.17, 15) is 19.7 Å². The summed E-state index contributed by atoms with van der Waals surface area (Å²) in [6, 6.07) is 14.7. The highest BCUT2D eigenvalue weighted by atomic mass is 16.6. The molecule has 0 bridgehead atoms. The second-order valence-electron chi connectivity index (χ2n) is 5.95. The molecule has 0 amide bonds. The van der Waals surface area contributed by atoms with Crippen LogP contribution in [0, 0.1) is 10.1 Å². The molecule has 3 aromatic rings. The first-order valence-corrected chi connectivity index (χ1v) is 8.52. The Hall–Kier alpha value is -4.14. The number of aromatic amines is 2. The molecule has 0 aliphatic carbocycles. The van der Waals surface area contributed by atoms with E-state index in [1.54, 1.807) is 18.2 Å². The Morgan fingerprint density at radius 3 is 2.48 bits per heavy atom. The van der Waals surface area contributed by atoms with Gasteiger partial charge in [0.15, 0.2) is 11.5 Å². The summed E-state index contributed by atoms with van der Waals surface area (Å²) in [5.41, 5.74) is -1.21. The maximum atomic E-state index is 11.7. The first-order chi connectivity index (χ1) is 14.0. The van der Waals surface area contributed by atoms with Gasteiger partial charge in [-0.3, -0.25) is 19.9 Å². The summed E-state index contributed by atoms with van der Waals surface area (Å²) < 4.78 is 11.1. The Kier molecular flexibility index (Phi) is 5.88. The normalized spacial score (nSPS) is 10.8. The molecular formula is C20H17N3O6. The average Bonchev–Trinajstić information content (AvgIpc) is 2.70. The molecule has 1 heterocycles. The molecule has 9 nitrogen and oxygen atoms in total. The van der Waals surface area contributed by atoms with Crippen LogP contribution in [0.3, 0.4) is 0 Å². The van der Waals surface area contributed by atoms with Crippen LogP contribution in [0.1, 0.15) is 16.8 Å². The van der Waals surface area contributed by atoms with E-state index in [0.717, 1.165) is 5.56 Å². The number of nitro groups is 1. The highest BCUT2D eigenvalue weighted by molar-refractivity contribution is 5.72. The number of hydrogen-bond acceptors (Lipinski definition) is 6. The van der Waals surface area contributed by atoms with Gasteiger partial charge in [0, 0.05) is 0 Å². The van der Waals surface area contributed by atoms with Gasteiger partial charge < -0.3 is 14.5 Å². The van der Waals surface area contributed by atoms with Gasteiger partial charge in [-0.05, 0) is 29.3 Å². The molecular weight excluding hydrogens is 378 g/mol. The van der Waals surface area contributed by atoms with E-state index < -0.39 is 21.9 Å². The molecule has 2 N–H and O–H groups in total. The van der Waals surface area contributed by atoms with Crippen molar-refractivity contribution in [1.82, 2.24) is 9.97 Å². The molecule has 3 rings (SSSR count). The molecule has 2 aromatic carbocycles. The van der Waals surface area contributed by atoms with Crippen molar-refractivity contribution in [2.45, 2.75) is 6.61 Å². The van der Waals surface area contributed by atoms with Crippen LogP contribution in [-0.4, -0.2) is 22.0 Å². The summed E-state index contributed by atoms with van der Waals surface area (Å²) in [5, 5.41) is 11.1. The molecule has 29 heavy (non-hydrogen) atoms. The fourth-order valence-electron chi connectivity index (χ4n) is 2.62. The molecule has 0 spiro atoms. The molecule has 0 saturated carbocycles. The Bertz CT molecular complexity index is 1160. The third kappa shape index (κ3) is 4.78. The lowest BCUT2D eigenvalue weighted by atomic mass is 10.1. The van der Waals surface area contributed by atoms with E-state index in [1.165, 1.54) is 19.3 Å². The SMILES string of the molecule is COc1cc(/C=C\c2[nH]c(=O)[nH]c(=O)c2[N+](=O)[O-])ccc1OCc1ccccc1. The second kappa shape index (κ2) is 8.70. The van der Waals surface area contributed by atoms with Gasteiger partial charge in [-0.1, -0.05) is 42.5 Å². The summed E-state index contributed by atoms with van der Waals surface area (Å²) in [7, 11) is 1.50. The lowest BCUT2D eigenvalue weighted by Crippen LogP contribution is -2.25. The molecule has 148 valence electrons. The molecule has 1 aromatic heterocycles. The zero-order valence-electron chi connectivity index (χ0n) is 15.4. The maximum Gasteiger partial charge on any atom is 0.357 e. The second-order valence-corrected chi connectivity index (χ2v) is 5.95. The standard InChI is InChI=1S/C20H17N3O6/c1-28-17-11-13(8-10-16(17)29-12-14-5-3-2-4-6-14)7-9-15-18(23(26)27)19(24)22-20(25)21-15/h2-11H,12H2,1H3,(H2,21,22,24,25)/b9-7-. The number of ether oxygens (including phenoxy) is 2. The molecule has 9 heteroatoms. The highest BCUT2D eigenvalue weighted by Gasteiger charge is 2.18. The highest BCUT2D eigenvalue weighted by Crippen LogP contribution is 2.29. The zero-order chi connectivity index (χ0) is 20.8. The Morgan fingerprint density at radius 2 is 1.79 bits per heavy atom. The fourth-order valence-corrected chi connectivity index (χ4v) is 2.62. The molecule has 0 saturated heterocycles. The molecule has 0 radical (unpaired) electrons. The van der Waals surface area contributed by atoms with Crippen LogP contribution in [-0.2, 0) is 6.61 Å². The lowest BCUT2D eigenvalue weighted by molar-refractivity contribution is -0.386. The van der Waals surface area contributed by atoms with Crippen LogP contribution in [0.2, 0.25) is 0 Å². The summed E-state index contributed by atoms with van der Waals surface area (Å²) in [6.07, 6.45) is 2.80. The minimum Gasteiger partial charge on any atom is -0.493 e. The maximum absolute atomic E-state index is 11.7. The van der Waals surface area contributed by atoms with Crippen molar-refractivity contribution in [2.75, 3.05) is 7.11 Å². The zero-order valence-corrected chi connectivity index (χ0v) is 15.4. The largest absolute Gasteiger partial charge is 0.493 e. The van der Waals surface area contributed by atoms with Gasteiger partial charge in [0.05, 0.1) is 12.0 Å². The number of rotatable bonds is 7. The van der Waals surface area contributed by atoms with Crippen LogP contribution in [0.4, 0.5) is 5.69 Å². The average molecular weight is 395 g/mol. The third-order valence-corrected chi connectivity index (χ3v) is 4.00. The van der Waals surface area contributed by atoms with E-state index in [1.807, 2.05) is 35.3 Å². The number of hydrogen-bond donors (Lipinski definition) is 2. The van der Waals surface area contributed by atoms with Crippen molar-refractivity contribution in [3.8, 4) is 11.5 Å². The lowest BCUT2D eigenvalue weighted by Gasteiger charge is -2.11. The predicted molar refractivity (Wildman–Crippen MR) is 107 cm³/mol. The van der Waals surface area contributed by atoms with Gasteiger partial charge >= 0.3 is 16.9 Å². The quantitative estimate of drug-likeness (QED) is 0.468. The number of nitrogens with one attached hydrogen (secondary N) is 2. The first-order valence-electron chi connectivity index (χ1n) is 8.52. The van der Waals surface area contributed by atoms with Gasteiger partial charge in [-0.25, -0.2) is 4.79 Å². The number of H-pyrrole nitrogens is 2. The third-order valence-electron chi connectivity index (χ3n) is 4.00. The summed E-state index contributed by atoms with van der Waals surface area (Å²) in [4.78, 5) is 37.4. The molecule has 0 fully saturated rings. The number of benzene rings is 2. The van der Waals surface area contributed by atoms with E-state index in [4.69, 9.17) is 9.47 Å². The fraction of sp³-hybridized carbons (Fsp3) is 0.100. The van der Waals surface area contributed by atoms with Crippen molar-refractivity contribution in [1.29, 1.82) is 0 Å². The van der Waals surface area contributed by atoms with Gasteiger partial charge in [0.2, 0.25) is 0 Å². The van der Waals surface area contributed by atoms with Crippen LogP contribution < -0.4 is 20.7 Å². The van der Waals surface area contributed by atoms with E-state index in [-0.39, 0.29) is 5.69 Å². The minimum absolute atomic E-state index is 0.202. The first kappa shape index (κ1) is 19.6. The topological polar surface area (TPSA) is 127 Å². The van der Waals surface area contributed by atoms with Crippen LogP contribution in [0.25, 0.3) is 12.2 Å². The van der Waals surface area contributed by atoms with Crippen molar-refractivity contribution >= 4 is 17.8 Å². The summed E-state index contributed by atoms with van der Waals surface area (Å²) in [6.45, 7) is 0.368. The van der Waals surface area contributed by atoms with Crippen molar-refractivity contribution in [2.24, 2.45) is 0 Å². The molecule has 0 aliphatic heterocycles. The molecule has 0 atom stereocenters. The van der Waals surface area contributed by atoms with Gasteiger partial charge in [-0.15, -0.1) is 0 Å². The van der Waals surface area contributed by atoms with E-state index in [2.05, 4.69) is 4.98 Å². The molecule has 0 aliphatic rings. The van der Waals surface area contributed by atoms with Crippen molar-refractivity contribution < 1.29 is 14.4 Å². The summed E-state index contributed by atoms with van der Waals surface area (Å²) >= 11 is 0. The van der Waals surface area contributed by atoms with Gasteiger partial charge in [0.1, 0.15) is 12.3 Å².